The second-order valence-electron chi connectivity index (χ2n) is 7.14. The fourth-order valence-corrected chi connectivity index (χ4v) is 2.35. The first-order valence-corrected chi connectivity index (χ1v) is 12.4. The first-order valence-electron chi connectivity index (χ1n) is 12.4. The Bertz CT molecular complexity index is 548. The molecule has 16 nitrogen and oxygen atoms in total. The van der Waals surface area contributed by atoms with Crippen molar-refractivity contribution < 1.29 is 57.3 Å². The van der Waals surface area contributed by atoms with Gasteiger partial charge in [-0.2, -0.15) is 0 Å². The van der Waals surface area contributed by atoms with Gasteiger partial charge in [-0.15, -0.1) is 0 Å². The predicted octanol–water partition coefficient (Wildman–Crippen LogP) is -1.14. The maximum atomic E-state index is 11.3. The van der Waals surface area contributed by atoms with E-state index in [4.69, 9.17) is 48.5 Å². The summed E-state index contributed by atoms with van der Waals surface area (Å²) >= 11 is 0. The molecule has 0 saturated heterocycles. The van der Waals surface area contributed by atoms with Crippen LogP contribution in [0.15, 0.2) is 5.22 Å². The van der Waals surface area contributed by atoms with Gasteiger partial charge in [0.15, 0.2) is 0 Å². The van der Waals surface area contributed by atoms with E-state index in [-0.39, 0.29) is 6.61 Å². The maximum absolute atomic E-state index is 11.3. The molecule has 0 saturated carbocycles. The minimum absolute atomic E-state index is 0.300. The van der Waals surface area contributed by atoms with Gasteiger partial charge in [-0.3, -0.25) is 10.0 Å². The van der Waals surface area contributed by atoms with Crippen LogP contribution in [0.1, 0.15) is 0 Å². The van der Waals surface area contributed by atoms with E-state index in [0.717, 1.165) is 0 Å². The number of carbonyl (C=O) groups excluding carboxylic acids is 1. The molecule has 0 aromatic heterocycles. The highest BCUT2D eigenvalue weighted by Gasteiger charge is 2.03. The number of carbonyl (C=O) groups is 2. The number of nitrogens with one attached hydrogen (secondary N) is 2. The molecular weight excluding hydrogens is 512 g/mol. The van der Waals surface area contributed by atoms with Crippen LogP contribution < -0.4 is 10.7 Å². The quantitative estimate of drug-likeness (QED) is 0.0512. The van der Waals surface area contributed by atoms with Crippen molar-refractivity contribution in [3.05, 3.63) is 5.53 Å². The lowest BCUT2D eigenvalue weighted by atomic mass is 10.6. The van der Waals surface area contributed by atoms with E-state index >= 15 is 0 Å². The highest BCUT2D eigenvalue weighted by molar-refractivity contribution is 5.77. The number of ether oxygens (including phenoxy) is 9. The molecule has 224 valence electrons. The van der Waals surface area contributed by atoms with Crippen molar-refractivity contribution in [2.24, 2.45) is 5.22 Å². The number of carboxylic acid groups (broad SMARTS) is 1. The number of nitrogens with zero attached hydrogens (tertiary/aromatic N) is 2. The van der Waals surface area contributed by atoms with Crippen molar-refractivity contribution in [2.45, 2.75) is 0 Å². The van der Waals surface area contributed by atoms with Crippen LogP contribution in [-0.4, -0.2) is 149 Å². The molecule has 0 aliphatic rings. The summed E-state index contributed by atoms with van der Waals surface area (Å²) in [6.45, 7) is 7.07. The van der Waals surface area contributed by atoms with E-state index in [9.17, 15) is 9.59 Å². The minimum Gasteiger partial charge on any atom is -0.480 e. The second kappa shape index (κ2) is 31.2. The van der Waals surface area contributed by atoms with E-state index in [0.29, 0.717) is 119 Å². The highest BCUT2D eigenvalue weighted by atomic mass is 16.6. The lowest BCUT2D eigenvalue weighted by Crippen LogP contribution is -2.31. The van der Waals surface area contributed by atoms with Gasteiger partial charge in [0, 0.05) is 13.2 Å². The molecule has 0 rings (SSSR count). The van der Waals surface area contributed by atoms with Gasteiger partial charge in [0.05, 0.1) is 99.1 Å². The molecule has 0 atom stereocenters. The Balaban J connectivity index is 3.09. The van der Waals surface area contributed by atoms with Crippen LogP contribution in [-0.2, 0) is 52.2 Å². The van der Waals surface area contributed by atoms with Gasteiger partial charge in [-0.1, -0.05) is 0 Å². The summed E-state index contributed by atoms with van der Waals surface area (Å²) in [5.41, 5.74) is 10.5. The van der Waals surface area contributed by atoms with E-state index < -0.39 is 18.5 Å². The second-order valence-corrected chi connectivity index (χ2v) is 7.14. The first kappa shape index (κ1) is 36.0. The Morgan fingerprint density at radius 3 is 1.21 bits per heavy atom. The topological polar surface area (TPSA) is 196 Å². The van der Waals surface area contributed by atoms with Crippen LogP contribution in [0.3, 0.4) is 0 Å². The van der Waals surface area contributed by atoms with Gasteiger partial charge in [0.2, 0.25) is 5.91 Å². The normalized spacial score (nSPS) is 10.9. The average molecular weight is 556 g/mol. The Kier molecular flexibility index (Phi) is 29.5. The predicted molar refractivity (Wildman–Crippen MR) is 132 cm³/mol. The molecule has 0 heterocycles. The molecule has 0 aromatic carbocycles. The monoisotopic (exact) mass is 555 g/mol. The van der Waals surface area contributed by atoms with Crippen LogP contribution >= 0.6 is 0 Å². The summed E-state index contributed by atoms with van der Waals surface area (Å²) in [4.78, 5) is 21.6. The van der Waals surface area contributed by atoms with Crippen molar-refractivity contribution in [1.29, 1.82) is 0 Å². The van der Waals surface area contributed by atoms with E-state index in [2.05, 4.69) is 20.7 Å². The highest BCUT2D eigenvalue weighted by Crippen LogP contribution is 1.86. The van der Waals surface area contributed by atoms with Gasteiger partial charge < -0.3 is 64.0 Å². The number of carboxylic acids is 1. The molecule has 3 N–H and O–H groups in total. The Morgan fingerprint density at radius 2 is 0.868 bits per heavy atom. The summed E-state index contributed by atoms with van der Waals surface area (Å²) in [6, 6.07) is 0. The third-order valence-electron chi connectivity index (χ3n) is 4.06. The fraction of sp³-hybridized carbons (Fsp3) is 0.909. The Labute approximate surface area is 223 Å². The van der Waals surface area contributed by atoms with E-state index in [1.807, 2.05) is 0 Å². The summed E-state index contributed by atoms with van der Waals surface area (Å²) in [5, 5.41) is 13.7. The van der Waals surface area contributed by atoms with Gasteiger partial charge in [-0.05, 0) is 6.54 Å². The SMILES string of the molecule is [N-]=NNCCOCCOCCOCCOCCOCCOCCOCCOCCNC(=O)COCC(=O)O. The van der Waals surface area contributed by atoms with Gasteiger partial charge in [0.25, 0.3) is 0 Å². The van der Waals surface area contributed by atoms with Gasteiger partial charge in [-0.25, -0.2) is 4.79 Å². The van der Waals surface area contributed by atoms with Crippen LogP contribution in [0.5, 0.6) is 0 Å². The molecule has 0 aliphatic carbocycles. The van der Waals surface area contributed by atoms with Crippen LogP contribution in [0.4, 0.5) is 0 Å². The van der Waals surface area contributed by atoms with Crippen LogP contribution in [0.2, 0.25) is 0 Å². The zero-order chi connectivity index (χ0) is 27.8. The molecule has 0 spiro atoms. The lowest BCUT2D eigenvalue weighted by molar-refractivity contribution is -0.143. The number of amides is 1. The summed E-state index contributed by atoms with van der Waals surface area (Å²) in [6.07, 6.45) is 0. The minimum atomic E-state index is -1.12. The lowest BCUT2D eigenvalue weighted by Gasteiger charge is -2.09. The molecular formula is C22H43N4O12-. The largest absolute Gasteiger partial charge is 0.480 e. The number of hydrogen-bond acceptors (Lipinski definition) is 12. The average Bonchev–Trinajstić information content (AvgIpc) is 2.90. The smallest absolute Gasteiger partial charge is 0.329 e. The molecule has 0 fully saturated rings. The summed E-state index contributed by atoms with van der Waals surface area (Å²) < 4.78 is 47.5. The molecule has 0 radical (unpaired) electrons. The molecule has 0 aromatic rings. The molecule has 0 unspecified atom stereocenters. The molecule has 0 aliphatic heterocycles. The van der Waals surface area contributed by atoms with Crippen molar-refractivity contribution >= 4 is 11.9 Å². The van der Waals surface area contributed by atoms with Gasteiger partial charge in [0.1, 0.15) is 13.2 Å². The molecule has 1 amide bonds. The van der Waals surface area contributed by atoms with Crippen molar-refractivity contribution in [3.63, 3.8) is 0 Å². The van der Waals surface area contributed by atoms with E-state index in [1.165, 1.54) is 0 Å². The number of hydrogen-bond donors (Lipinski definition) is 3. The van der Waals surface area contributed by atoms with Crippen LogP contribution in [0.25, 0.3) is 5.53 Å². The molecule has 0 bridgehead atoms. The van der Waals surface area contributed by atoms with E-state index in [1.54, 1.807) is 0 Å². The van der Waals surface area contributed by atoms with Crippen molar-refractivity contribution in [1.82, 2.24) is 10.7 Å². The summed E-state index contributed by atoms with van der Waals surface area (Å²) in [5.74, 6) is -1.52. The molecule has 16 heteroatoms. The zero-order valence-corrected chi connectivity index (χ0v) is 22.0. The third-order valence-corrected chi connectivity index (χ3v) is 4.06. The number of aliphatic carboxylic acids is 1. The third kappa shape index (κ3) is 32.0. The maximum Gasteiger partial charge on any atom is 0.329 e. The van der Waals surface area contributed by atoms with Crippen molar-refractivity contribution in [3.8, 4) is 0 Å². The Morgan fingerprint density at radius 1 is 0.526 bits per heavy atom. The first-order chi connectivity index (χ1) is 18.7. The summed E-state index contributed by atoms with van der Waals surface area (Å²) in [7, 11) is 0. The molecule has 38 heavy (non-hydrogen) atoms. The standard InChI is InChI=1S/C22H43N4O12/c23-26-25-2-4-31-6-8-33-10-12-35-14-16-37-18-17-36-15-13-34-11-9-32-7-5-30-3-1-24-21(27)19-38-20-22(28)29/h1-20H2,(H3-,23,24,25,27,28,29)/q-1. The fourth-order valence-electron chi connectivity index (χ4n) is 2.35. The zero-order valence-electron chi connectivity index (χ0n) is 22.0. The Hall–Kier alpha value is -2.02. The van der Waals surface area contributed by atoms with Crippen LogP contribution in [0, 0.1) is 0 Å². The number of rotatable bonds is 32. The van der Waals surface area contributed by atoms with Gasteiger partial charge >= 0.3 is 5.97 Å². The van der Waals surface area contributed by atoms with Crippen molar-refractivity contribution in [2.75, 3.05) is 132 Å².